The van der Waals surface area contributed by atoms with Crippen molar-refractivity contribution >= 4 is 24.6 Å². The number of halogens is 3. The van der Waals surface area contributed by atoms with Crippen molar-refractivity contribution in [1.29, 1.82) is 0 Å². The van der Waals surface area contributed by atoms with E-state index in [1.165, 1.54) is 0 Å². The number of hydrogen-bond donors (Lipinski definition) is 2. The highest BCUT2D eigenvalue weighted by molar-refractivity contribution is 7.81. The normalized spacial score (nSPS) is 31.8. The van der Waals surface area contributed by atoms with Crippen LogP contribution in [0, 0.1) is 5.41 Å². The van der Waals surface area contributed by atoms with Gasteiger partial charge in [0.2, 0.25) is 0 Å². The van der Waals surface area contributed by atoms with Crippen molar-refractivity contribution in [3.8, 4) is 0 Å². The van der Waals surface area contributed by atoms with Gasteiger partial charge in [-0.15, -0.1) is 0 Å². The fourth-order valence-electron chi connectivity index (χ4n) is 3.53. The lowest BCUT2D eigenvalue weighted by Gasteiger charge is -2.33. The van der Waals surface area contributed by atoms with Crippen LogP contribution in [-0.2, 0) is 14.3 Å². The van der Waals surface area contributed by atoms with Crippen molar-refractivity contribution in [1.82, 2.24) is 5.32 Å². The topological polar surface area (TPSA) is 55.4 Å². The molecule has 1 aliphatic carbocycles. The third-order valence-corrected chi connectivity index (χ3v) is 5.67. The molecule has 8 heteroatoms. The molecular formula is C15H22F3NO3S. The van der Waals surface area contributed by atoms with Crippen LogP contribution < -0.4 is 5.32 Å². The van der Waals surface area contributed by atoms with Crippen LogP contribution >= 0.6 is 12.6 Å². The smallest absolute Gasteiger partial charge is 0.386 e. The molecule has 1 N–H and O–H groups in total. The van der Waals surface area contributed by atoms with Gasteiger partial charge in [-0.3, -0.25) is 4.79 Å². The maximum Gasteiger partial charge on any atom is 0.491 e. The van der Waals surface area contributed by atoms with Gasteiger partial charge in [0.1, 0.15) is 0 Å². The molecule has 2 fully saturated rings. The van der Waals surface area contributed by atoms with Gasteiger partial charge in [0, 0.05) is 11.3 Å². The molecule has 0 radical (unpaired) electrons. The number of thiol groups is 1. The highest BCUT2D eigenvalue weighted by Gasteiger charge is 2.52. The van der Waals surface area contributed by atoms with Gasteiger partial charge < -0.3 is 10.1 Å². The third-order valence-electron chi connectivity index (χ3n) is 4.91. The molecule has 0 aromatic rings. The number of hydrogen-bond acceptors (Lipinski definition) is 5. The van der Waals surface area contributed by atoms with Crippen LogP contribution in [0.4, 0.5) is 13.2 Å². The Hall–Kier alpha value is -0.760. The largest absolute Gasteiger partial charge is 0.491 e. The first kappa shape index (κ1) is 18.6. The summed E-state index contributed by atoms with van der Waals surface area (Å²) in [7, 11) is 0. The van der Waals surface area contributed by atoms with Gasteiger partial charge in [0.25, 0.3) is 0 Å². The minimum atomic E-state index is -5.16. The fourth-order valence-corrected chi connectivity index (χ4v) is 4.08. The Morgan fingerprint density at radius 2 is 1.96 bits per heavy atom. The van der Waals surface area contributed by atoms with E-state index in [2.05, 4.69) is 22.7 Å². The monoisotopic (exact) mass is 353 g/mol. The maximum atomic E-state index is 12.3. The van der Waals surface area contributed by atoms with Gasteiger partial charge in [-0.25, -0.2) is 4.79 Å². The van der Waals surface area contributed by atoms with Crippen molar-refractivity contribution < 1.29 is 27.5 Å². The van der Waals surface area contributed by atoms with Crippen LogP contribution in [0.2, 0.25) is 0 Å². The molecule has 0 aromatic heterocycles. The summed E-state index contributed by atoms with van der Waals surface area (Å²) in [6, 6.07) is 0.257. The van der Waals surface area contributed by atoms with Crippen LogP contribution in [0.15, 0.2) is 0 Å². The number of carbonyl (C=O) groups is 2. The predicted octanol–water partition coefficient (Wildman–Crippen LogP) is 3.01. The predicted molar refractivity (Wildman–Crippen MR) is 81.1 cm³/mol. The zero-order valence-corrected chi connectivity index (χ0v) is 13.7. The number of nitrogens with one attached hydrogen (secondary N) is 1. The Bertz CT molecular complexity index is 452. The summed E-state index contributed by atoms with van der Waals surface area (Å²) in [5.41, 5.74) is -1.09. The van der Waals surface area contributed by atoms with Gasteiger partial charge in [0.15, 0.2) is 0 Å². The molecule has 1 aliphatic heterocycles. The average Bonchev–Trinajstić information content (AvgIpc) is 2.87. The highest BCUT2D eigenvalue weighted by Crippen LogP contribution is 2.47. The second-order valence-corrected chi connectivity index (χ2v) is 7.05. The number of rotatable bonds is 4. The molecule has 23 heavy (non-hydrogen) atoms. The SMILES string of the molecule is O=C(OC(=O)C1(CCC2CCCCN2)CCCC1S)C(F)(F)F. The Labute approximate surface area is 138 Å². The second kappa shape index (κ2) is 7.42. The zero-order chi connectivity index (χ0) is 17.1. The van der Waals surface area contributed by atoms with Gasteiger partial charge in [0.05, 0.1) is 5.41 Å². The van der Waals surface area contributed by atoms with E-state index in [9.17, 15) is 22.8 Å². The van der Waals surface area contributed by atoms with Crippen LogP contribution in [0.1, 0.15) is 51.4 Å². The summed E-state index contributed by atoms with van der Waals surface area (Å²) in [4.78, 5) is 23.3. The summed E-state index contributed by atoms with van der Waals surface area (Å²) >= 11 is 4.39. The molecule has 0 aromatic carbocycles. The average molecular weight is 353 g/mol. The van der Waals surface area contributed by atoms with Gasteiger partial charge in [-0.2, -0.15) is 25.8 Å². The zero-order valence-electron chi connectivity index (χ0n) is 12.8. The van der Waals surface area contributed by atoms with Crippen molar-refractivity contribution in [2.45, 2.75) is 68.8 Å². The Morgan fingerprint density at radius 3 is 2.48 bits per heavy atom. The van der Waals surface area contributed by atoms with E-state index >= 15 is 0 Å². The first-order chi connectivity index (χ1) is 10.8. The number of alkyl halides is 3. The van der Waals surface area contributed by atoms with E-state index in [0.29, 0.717) is 32.1 Å². The van der Waals surface area contributed by atoms with Gasteiger partial charge in [-0.05, 0) is 45.1 Å². The molecule has 4 nitrogen and oxygen atoms in total. The molecule has 1 heterocycles. The van der Waals surface area contributed by atoms with E-state index < -0.39 is 23.5 Å². The lowest BCUT2D eigenvalue weighted by atomic mass is 9.79. The van der Waals surface area contributed by atoms with E-state index in [-0.39, 0.29) is 11.3 Å². The quantitative estimate of drug-likeness (QED) is 0.463. The van der Waals surface area contributed by atoms with E-state index in [4.69, 9.17) is 0 Å². The van der Waals surface area contributed by atoms with Gasteiger partial charge in [-0.1, -0.05) is 12.8 Å². The minimum absolute atomic E-state index is 0.257. The van der Waals surface area contributed by atoms with Crippen LogP contribution in [0.3, 0.4) is 0 Å². The number of piperidine rings is 1. The Kier molecular flexibility index (Phi) is 5.99. The second-order valence-electron chi connectivity index (χ2n) is 6.42. The molecule has 0 amide bonds. The molecular weight excluding hydrogens is 331 g/mol. The van der Waals surface area contributed by atoms with Crippen molar-refractivity contribution in [2.75, 3.05) is 6.54 Å². The lowest BCUT2D eigenvalue weighted by molar-refractivity contribution is -0.205. The van der Waals surface area contributed by atoms with Crippen molar-refractivity contribution in [3.05, 3.63) is 0 Å². The molecule has 2 rings (SSSR count). The minimum Gasteiger partial charge on any atom is -0.386 e. The highest BCUT2D eigenvalue weighted by atomic mass is 32.1. The summed E-state index contributed by atoms with van der Waals surface area (Å²) in [6.07, 6.45) is 0.854. The fraction of sp³-hybridized carbons (Fsp3) is 0.867. The molecule has 1 saturated heterocycles. The van der Waals surface area contributed by atoms with E-state index in [0.717, 1.165) is 25.8 Å². The summed E-state index contributed by atoms with van der Waals surface area (Å²) < 4.78 is 41.2. The van der Waals surface area contributed by atoms with Crippen LogP contribution in [0.5, 0.6) is 0 Å². The standard InChI is InChI=1S/C15H22F3NO3S/c16-15(17,18)13(21)22-12(20)14(7-3-5-11(14)23)8-6-10-4-1-2-9-19-10/h10-11,19,23H,1-9H2. The lowest BCUT2D eigenvalue weighted by Crippen LogP contribution is -2.43. The van der Waals surface area contributed by atoms with Crippen LogP contribution in [0.25, 0.3) is 0 Å². The maximum absolute atomic E-state index is 12.3. The molecule has 3 atom stereocenters. The van der Waals surface area contributed by atoms with E-state index in [1.807, 2.05) is 0 Å². The van der Waals surface area contributed by atoms with Gasteiger partial charge >= 0.3 is 18.1 Å². The van der Waals surface area contributed by atoms with Crippen LogP contribution in [-0.4, -0.2) is 36.0 Å². The Balaban J connectivity index is 2.03. The molecule has 2 aliphatic rings. The number of ether oxygens (including phenoxy) is 1. The molecule has 0 spiro atoms. The number of carbonyl (C=O) groups excluding carboxylic acids is 2. The third kappa shape index (κ3) is 4.41. The summed E-state index contributed by atoms with van der Waals surface area (Å²) in [5, 5.41) is 2.98. The molecule has 1 saturated carbocycles. The first-order valence-electron chi connectivity index (χ1n) is 8.00. The van der Waals surface area contributed by atoms with E-state index in [1.54, 1.807) is 0 Å². The number of esters is 2. The Morgan fingerprint density at radius 1 is 1.22 bits per heavy atom. The molecule has 0 bridgehead atoms. The van der Waals surface area contributed by atoms with Crippen molar-refractivity contribution in [3.63, 3.8) is 0 Å². The summed E-state index contributed by atoms with van der Waals surface area (Å²) in [6.45, 7) is 0.916. The molecule has 132 valence electrons. The first-order valence-corrected chi connectivity index (χ1v) is 8.52. The summed E-state index contributed by atoms with van der Waals surface area (Å²) in [5.74, 6) is -3.52. The van der Waals surface area contributed by atoms with Crippen molar-refractivity contribution in [2.24, 2.45) is 5.41 Å². The molecule has 3 unspecified atom stereocenters.